The number of esters is 1. The number of hydrogen-bond donors (Lipinski definition) is 1. The second-order valence-corrected chi connectivity index (χ2v) is 1.07. The van der Waals surface area contributed by atoms with E-state index in [-0.39, 0.29) is 6.61 Å². The fraction of sp³-hybridized carbons (Fsp3) is 0.200. The maximum Gasteiger partial charge on any atom is 0.419 e. The molecule has 4 heteroatoms. The molecule has 0 aromatic rings. The Morgan fingerprint density at radius 3 is 3.11 bits per heavy atom. The van der Waals surface area contributed by atoms with Crippen molar-refractivity contribution in [3.05, 3.63) is 0 Å². The highest BCUT2D eigenvalue weighted by Gasteiger charge is 2.01. The van der Waals surface area contributed by atoms with Gasteiger partial charge in [-0.25, -0.2) is 4.79 Å². The van der Waals surface area contributed by atoms with Crippen LogP contribution in [0.1, 0.15) is 0 Å². The predicted molar refractivity (Wildman–Crippen MR) is 28.8 cm³/mol. The zero-order valence-electron chi connectivity index (χ0n) is 4.63. The summed E-state index contributed by atoms with van der Waals surface area (Å²) in [4.78, 5) is 12.9. The molecule has 1 N–H and O–H groups in total. The largest absolute Gasteiger partial charge is 0.444 e. The quantitative estimate of drug-likeness (QED) is 0.177. The minimum Gasteiger partial charge on any atom is -0.444 e. The lowest BCUT2D eigenvalue weighted by Crippen LogP contribution is -2.05. The zero-order chi connectivity index (χ0) is 7.11. The minimum absolute atomic E-state index is 0.0785. The standard InChI is InChI=1S/C5H5N2O2/c1-2-3-9-5(8)4-7-6/h1,4,6H,3H2/q+1. The zero-order valence-corrected chi connectivity index (χ0v) is 4.63. The molecule has 0 unspecified atom stereocenters. The highest BCUT2D eigenvalue weighted by atomic mass is 16.5. The Balaban J connectivity index is 3.54. The fourth-order valence-corrected chi connectivity index (χ4v) is 0.203. The number of rotatable bonds is 2. The summed E-state index contributed by atoms with van der Waals surface area (Å²) in [5.41, 5.74) is 6.19. The maximum absolute atomic E-state index is 10.2. The molecule has 0 saturated carbocycles. The molecular formula is C5H5N2O2+. The van der Waals surface area contributed by atoms with Crippen LogP contribution in [-0.4, -0.2) is 23.6 Å². The Kier molecular flexibility index (Phi) is 3.76. The summed E-state index contributed by atoms with van der Waals surface area (Å²) in [5, 5.41) is 0. The third-order valence-electron chi connectivity index (χ3n) is 0.468. The number of ether oxygens (including phenoxy) is 1. The van der Waals surface area contributed by atoms with Crippen molar-refractivity contribution in [2.75, 3.05) is 6.61 Å². The Hall–Kier alpha value is -1.59. The van der Waals surface area contributed by atoms with Crippen molar-refractivity contribution in [3.8, 4) is 12.3 Å². The first-order valence-corrected chi connectivity index (χ1v) is 2.11. The van der Waals surface area contributed by atoms with Crippen molar-refractivity contribution >= 4 is 12.2 Å². The van der Waals surface area contributed by atoms with E-state index < -0.39 is 5.97 Å². The van der Waals surface area contributed by atoms with E-state index in [0.29, 0.717) is 0 Å². The van der Waals surface area contributed by atoms with Crippen LogP contribution in [0.2, 0.25) is 0 Å². The first kappa shape index (κ1) is 7.41. The summed E-state index contributed by atoms with van der Waals surface area (Å²) >= 11 is 0. The second kappa shape index (κ2) is 4.57. The van der Waals surface area contributed by atoms with Crippen LogP contribution >= 0.6 is 0 Å². The van der Waals surface area contributed by atoms with E-state index in [2.05, 4.69) is 15.4 Å². The van der Waals surface area contributed by atoms with Crippen LogP contribution in [0.15, 0.2) is 0 Å². The summed E-state index contributed by atoms with van der Waals surface area (Å²) in [5.74, 6) is 1.40. The molecule has 46 valence electrons. The molecule has 0 spiro atoms. The van der Waals surface area contributed by atoms with Gasteiger partial charge in [0, 0.05) is 0 Å². The molecule has 0 aromatic heterocycles. The average molecular weight is 125 g/mol. The molecule has 0 amide bonds. The first-order chi connectivity index (χ1) is 4.31. The van der Waals surface area contributed by atoms with Crippen molar-refractivity contribution in [1.29, 1.82) is 5.53 Å². The molecule has 4 nitrogen and oxygen atoms in total. The average Bonchev–Trinajstić information content (AvgIpc) is 1.85. The number of hydrogen-bond acceptors (Lipinski definition) is 3. The van der Waals surface area contributed by atoms with Crippen molar-refractivity contribution in [2.24, 2.45) is 0 Å². The molecule has 0 fully saturated rings. The second-order valence-electron chi connectivity index (χ2n) is 1.07. The molecular weight excluding hydrogens is 120 g/mol. The number of nitrogens with zero attached hydrogens (tertiary/aromatic N) is 1. The van der Waals surface area contributed by atoms with Gasteiger partial charge < -0.3 is 4.74 Å². The van der Waals surface area contributed by atoms with Crippen molar-refractivity contribution in [3.63, 3.8) is 0 Å². The van der Waals surface area contributed by atoms with Crippen LogP contribution in [0.5, 0.6) is 0 Å². The third-order valence-corrected chi connectivity index (χ3v) is 0.468. The van der Waals surface area contributed by atoms with Crippen LogP contribution in [0, 0.1) is 17.9 Å². The summed E-state index contributed by atoms with van der Waals surface area (Å²) in [6, 6.07) is 0. The Labute approximate surface area is 52.1 Å². The van der Waals surface area contributed by atoms with Crippen molar-refractivity contribution < 1.29 is 14.3 Å². The van der Waals surface area contributed by atoms with Gasteiger partial charge in [-0.05, 0) is 0 Å². The molecule has 0 rings (SSSR count). The molecule has 0 aliphatic heterocycles. The molecule has 0 radical (unpaired) electrons. The molecule has 0 aliphatic carbocycles. The van der Waals surface area contributed by atoms with Crippen LogP contribution in [0.3, 0.4) is 0 Å². The van der Waals surface area contributed by atoms with E-state index in [0.717, 1.165) is 6.21 Å². The Morgan fingerprint density at radius 1 is 2.00 bits per heavy atom. The van der Waals surface area contributed by atoms with Crippen LogP contribution in [0.4, 0.5) is 0 Å². The van der Waals surface area contributed by atoms with Crippen molar-refractivity contribution in [1.82, 2.24) is 0 Å². The molecule has 0 heterocycles. The van der Waals surface area contributed by atoms with E-state index in [1.54, 1.807) is 0 Å². The number of carbonyl (C=O) groups excluding carboxylic acids is 1. The van der Waals surface area contributed by atoms with E-state index in [1.807, 2.05) is 0 Å². The summed E-state index contributed by atoms with van der Waals surface area (Å²) in [6.07, 6.45) is 5.49. The summed E-state index contributed by atoms with van der Waals surface area (Å²) in [7, 11) is 0. The molecule has 9 heavy (non-hydrogen) atoms. The lowest BCUT2D eigenvalue weighted by atomic mass is 10.7. The van der Waals surface area contributed by atoms with Gasteiger partial charge in [0.25, 0.3) is 0 Å². The lowest BCUT2D eigenvalue weighted by molar-refractivity contribution is -0.147. The molecule has 0 aliphatic rings. The van der Waals surface area contributed by atoms with Crippen LogP contribution in [0.25, 0.3) is 0 Å². The Morgan fingerprint density at radius 2 is 2.67 bits per heavy atom. The van der Waals surface area contributed by atoms with Crippen LogP contribution in [-0.2, 0) is 9.53 Å². The van der Waals surface area contributed by atoms with E-state index in [9.17, 15) is 4.79 Å². The normalized spacial score (nSPS) is 6.56. The minimum atomic E-state index is -0.692. The maximum atomic E-state index is 10.2. The van der Waals surface area contributed by atoms with Crippen molar-refractivity contribution in [2.45, 2.75) is 0 Å². The van der Waals surface area contributed by atoms with Crippen LogP contribution < -0.4 is 0 Å². The molecule has 0 aromatic carbocycles. The van der Waals surface area contributed by atoms with E-state index in [4.69, 9.17) is 12.0 Å². The molecule has 0 saturated heterocycles. The predicted octanol–water partition coefficient (Wildman–Crippen LogP) is -0.527. The Bertz CT molecular complexity index is 186. The summed E-state index contributed by atoms with van der Waals surface area (Å²) in [6.45, 7) is -0.0785. The van der Waals surface area contributed by atoms with Gasteiger partial charge in [0.1, 0.15) is 0 Å². The van der Waals surface area contributed by atoms with Gasteiger partial charge >= 0.3 is 12.2 Å². The van der Waals surface area contributed by atoms with E-state index in [1.165, 1.54) is 0 Å². The lowest BCUT2D eigenvalue weighted by Gasteiger charge is -1.85. The SMILES string of the molecule is C#CCOC(=O)C=[N+]=N. The third kappa shape index (κ3) is 4.26. The number of terminal acetylenes is 1. The molecule has 0 atom stereocenters. The van der Waals surface area contributed by atoms with Gasteiger partial charge in [-0.1, -0.05) is 5.92 Å². The number of nitrogens with one attached hydrogen (secondary N) is 1. The first-order valence-electron chi connectivity index (χ1n) is 2.11. The highest BCUT2D eigenvalue weighted by molar-refractivity contribution is 6.20. The fourth-order valence-electron chi connectivity index (χ4n) is 0.203. The van der Waals surface area contributed by atoms with Gasteiger partial charge in [0.15, 0.2) is 6.61 Å². The van der Waals surface area contributed by atoms with E-state index >= 15 is 0 Å². The topological polar surface area (TPSA) is 64.2 Å². The van der Waals surface area contributed by atoms with Gasteiger partial charge in [0.2, 0.25) is 0 Å². The smallest absolute Gasteiger partial charge is 0.419 e. The molecule has 0 bridgehead atoms. The highest BCUT2D eigenvalue weighted by Crippen LogP contribution is 1.68. The van der Waals surface area contributed by atoms with Gasteiger partial charge in [-0.2, -0.15) is 0 Å². The van der Waals surface area contributed by atoms with Gasteiger partial charge in [-0.3, -0.25) is 0 Å². The van der Waals surface area contributed by atoms with Gasteiger partial charge in [-0.15, -0.1) is 6.42 Å². The number of carbonyl (C=O) groups is 1. The van der Waals surface area contributed by atoms with Gasteiger partial charge in [0.05, 0.1) is 10.3 Å². The monoisotopic (exact) mass is 125 g/mol. The summed E-state index contributed by atoms with van der Waals surface area (Å²) < 4.78 is 4.29.